The molecule has 0 saturated carbocycles. The topological polar surface area (TPSA) is 116 Å². The highest BCUT2D eigenvalue weighted by Crippen LogP contribution is 2.33. The summed E-state index contributed by atoms with van der Waals surface area (Å²) in [5.41, 5.74) is 8.99. The Morgan fingerprint density at radius 2 is 2.10 bits per heavy atom. The van der Waals surface area contributed by atoms with Gasteiger partial charge in [-0.3, -0.25) is 14.6 Å². The van der Waals surface area contributed by atoms with E-state index in [1.807, 2.05) is 13.0 Å². The molecule has 0 unspecified atom stereocenters. The molecule has 0 fully saturated rings. The van der Waals surface area contributed by atoms with Crippen LogP contribution in [0.3, 0.4) is 0 Å². The minimum atomic E-state index is -0.357. The van der Waals surface area contributed by atoms with Crippen LogP contribution in [0.25, 0.3) is 22.6 Å². The van der Waals surface area contributed by atoms with Gasteiger partial charge >= 0.3 is 0 Å². The average molecular weight is 415 g/mol. The minimum Gasteiger partial charge on any atom is -0.463 e. The first-order valence-corrected chi connectivity index (χ1v) is 9.79. The number of hydrogen-bond donors (Lipinski definition) is 2. The molecule has 0 aliphatic rings. The quantitative estimate of drug-likeness (QED) is 0.500. The van der Waals surface area contributed by atoms with Gasteiger partial charge in [-0.1, -0.05) is 6.07 Å². The van der Waals surface area contributed by atoms with Crippen molar-refractivity contribution in [1.29, 1.82) is 0 Å². The Kier molecular flexibility index (Phi) is 5.61. The molecule has 4 aromatic rings. The third-order valence-electron chi connectivity index (χ3n) is 4.86. The van der Waals surface area contributed by atoms with Crippen molar-refractivity contribution in [3.8, 4) is 22.6 Å². The molecule has 1 amide bonds. The molecule has 0 bridgehead atoms. The molecular weight excluding hydrogens is 394 g/mol. The molecule has 156 valence electrons. The number of carbonyl (C=O) groups is 1. The number of rotatable bonds is 6. The molecule has 0 spiro atoms. The zero-order chi connectivity index (χ0) is 21.8. The second-order valence-electron chi connectivity index (χ2n) is 6.88. The Balaban J connectivity index is 1.76. The molecule has 0 atom stereocenters. The van der Waals surface area contributed by atoms with Crippen molar-refractivity contribution in [2.75, 3.05) is 5.73 Å². The maximum Gasteiger partial charge on any atom is 0.255 e. The maximum absolute atomic E-state index is 12.9. The summed E-state index contributed by atoms with van der Waals surface area (Å²) in [5, 5.41) is 2.84. The molecule has 0 saturated heterocycles. The first-order valence-electron chi connectivity index (χ1n) is 9.79. The normalized spacial score (nSPS) is 10.7. The van der Waals surface area contributed by atoms with E-state index in [0.717, 1.165) is 11.1 Å². The van der Waals surface area contributed by atoms with Gasteiger partial charge in [0.05, 0.1) is 11.8 Å². The molecule has 0 aliphatic heterocycles. The van der Waals surface area contributed by atoms with E-state index in [4.69, 9.17) is 10.2 Å². The van der Waals surface area contributed by atoms with Gasteiger partial charge in [-0.15, -0.1) is 0 Å². The highest BCUT2D eigenvalue weighted by Gasteiger charge is 2.19. The molecule has 31 heavy (non-hydrogen) atoms. The number of nitrogens with two attached hydrogens (primary N) is 1. The highest BCUT2D eigenvalue weighted by molar-refractivity contribution is 6.00. The largest absolute Gasteiger partial charge is 0.463 e. The van der Waals surface area contributed by atoms with E-state index in [1.54, 1.807) is 59.8 Å². The lowest BCUT2D eigenvalue weighted by Gasteiger charge is -2.14. The molecule has 4 aromatic heterocycles. The molecule has 8 nitrogen and oxygen atoms in total. The predicted octanol–water partition coefficient (Wildman–Crippen LogP) is 3.10. The third-order valence-corrected chi connectivity index (χ3v) is 4.86. The van der Waals surface area contributed by atoms with Crippen LogP contribution < -0.4 is 16.6 Å². The molecule has 4 heterocycles. The number of nitrogens with one attached hydrogen (secondary N) is 1. The number of carbonyl (C=O) groups excluding carboxylic acids is 1. The zero-order valence-electron chi connectivity index (χ0n) is 16.9. The fourth-order valence-electron chi connectivity index (χ4n) is 3.25. The van der Waals surface area contributed by atoms with Crippen LogP contribution in [-0.4, -0.2) is 20.4 Å². The van der Waals surface area contributed by atoms with Crippen LogP contribution in [-0.2, 0) is 13.1 Å². The molecule has 8 heteroatoms. The number of nitrogens with zero attached hydrogens (tertiary/aromatic N) is 3. The molecule has 3 N–H and O–H groups in total. The summed E-state index contributed by atoms with van der Waals surface area (Å²) in [4.78, 5) is 33.4. The van der Waals surface area contributed by atoms with Gasteiger partial charge < -0.3 is 20.0 Å². The second-order valence-corrected chi connectivity index (χ2v) is 6.88. The van der Waals surface area contributed by atoms with Crippen LogP contribution in [0.15, 0.2) is 76.5 Å². The van der Waals surface area contributed by atoms with E-state index in [2.05, 4.69) is 15.3 Å². The smallest absolute Gasteiger partial charge is 0.255 e. The number of amides is 1. The summed E-state index contributed by atoms with van der Waals surface area (Å²) in [6.45, 7) is 2.71. The molecular formula is C23H21N5O3. The number of aryl methyl sites for hydroxylation is 1. The van der Waals surface area contributed by atoms with Crippen molar-refractivity contribution in [3.63, 3.8) is 0 Å². The Labute approximate surface area is 178 Å². The predicted molar refractivity (Wildman–Crippen MR) is 117 cm³/mol. The summed E-state index contributed by atoms with van der Waals surface area (Å²) >= 11 is 0. The van der Waals surface area contributed by atoms with Gasteiger partial charge in [0.25, 0.3) is 11.5 Å². The number of furan rings is 1. The molecule has 0 aromatic carbocycles. The Bertz CT molecular complexity index is 1260. The lowest BCUT2D eigenvalue weighted by molar-refractivity contribution is 0.0951. The number of pyridine rings is 3. The fraction of sp³-hybridized carbons (Fsp3) is 0.130. The van der Waals surface area contributed by atoms with Crippen molar-refractivity contribution in [1.82, 2.24) is 19.9 Å². The van der Waals surface area contributed by atoms with Crippen molar-refractivity contribution >= 4 is 11.7 Å². The van der Waals surface area contributed by atoms with Crippen LogP contribution in [0.2, 0.25) is 0 Å². The van der Waals surface area contributed by atoms with Gasteiger partial charge in [0.15, 0.2) is 5.76 Å². The average Bonchev–Trinajstić information content (AvgIpc) is 3.33. The first-order chi connectivity index (χ1) is 15.1. The number of hydrogen-bond acceptors (Lipinski definition) is 6. The monoisotopic (exact) mass is 415 g/mol. The van der Waals surface area contributed by atoms with Crippen LogP contribution in [0.1, 0.15) is 22.8 Å². The summed E-state index contributed by atoms with van der Waals surface area (Å²) in [6, 6.07) is 12.1. The van der Waals surface area contributed by atoms with Crippen LogP contribution in [0.4, 0.5) is 5.82 Å². The SMILES string of the molecule is CCn1cc(-c2cc(C(=O)NCc3cccnc3)c(N)nc2-c2ccco2)ccc1=O. The van der Waals surface area contributed by atoms with E-state index in [0.29, 0.717) is 30.1 Å². The van der Waals surface area contributed by atoms with Crippen molar-refractivity contribution in [2.24, 2.45) is 0 Å². The Morgan fingerprint density at radius 1 is 1.23 bits per heavy atom. The van der Waals surface area contributed by atoms with Gasteiger partial charge in [-0.05, 0) is 42.8 Å². The van der Waals surface area contributed by atoms with E-state index in [-0.39, 0.29) is 22.8 Å². The van der Waals surface area contributed by atoms with Crippen LogP contribution >= 0.6 is 0 Å². The van der Waals surface area contributed by atoms with E-state index in [1.165, 1.54) is 6.07 Å². The number of anilines is 1. The third kappa shape index (κ3) is 4.23. The Morgan fingerprint density at radius 3 is 2.81 bits per heavy atom. The lowest BCUT2D eigenvalue weighted by Crippen LogP contribution is -2.24. The van der Waals surface area contributed by atoms with Gasteiger partial charge in [0.2, 0.25) is 0 Å². The van der Waals surface area contributed by atoms with Crippen molar-refractivity contribution in [2.45, 2.75) is 20.0 Å². The lowest BCUT2D eigenvalue weighted by atomic mass is 10.0. The van der Waals surface area contributed by atoms with Crippen molar-refractivity contribution < 1.29 is 9.21 Å². The summed E-state index contributed by atoms with van der Waals surface area (Å²) < 4.78 is 7.11. The molecule has 4 rings (SSSR count). The van der Waals surface area contributed by atoms with E-state index >= 15 is 0 Å². The molecule has 0 radical (unpaired) electrons. The summed E-state index contributed by atoms with van der Waals surface area (Å²) in [5.74, 6) is 0.242. The zero-order valence-corrected chi connectivity index (χ0v) is 16.9. The minimum absolute atomic E-state index is 0.0858. The highest BCUT2D eigenvalue weighted by atomic mass is 16.3. The standard InChI is InChI=1S/C23H21N5O3/c1-2-28-14-16(7-8-20(28)29)17-11-18(22(24)27-21(17)19-6-4-10-31-19)23(30)26-13-15-5-3-9-25-12-15/h3-12,14H,2,13H2,1H3,(H2,24,27)(H,26,30). The second kappa shape index (κ2) is 8.66. The Hall–Kier alpha value is -4.20. The number of aromatic nitrogens is 3. The van der Waals surface area contributed by atoms with Crippen LogP contribution in [0.5, 0.6) is 0 Å². The maximum atomic E-state index is 12.9. The van der Waals surface area contributed by atoms with Gasteiger partial charge in [0.1, 0.15) is 11.5 Å². The summed E-state index contributed by atoms with van der Waals surface area (Å²) in [7, 11) is 0. The van der Waals surface area contributed by atoms with Gasteiger partial charge in [0, 0.05) is 48.9 Å². The van der Waals surface area contributed by atoms with Crippen LogP contribution in [0, 0.1) is 0 Å². The van der Waals surface area contributed by atoms with Gasteiger partial charge in [-0.2, -0.15) is 0 Å². The van der Waals surface area contributed by atoms with Gasteiger partial charge in [-0.25, -0.2) is 4.98 Å². The van der Waals surface area contributed by atoms with E-state index in [9.17, 15) is 9.59 Å². The first kappa shape index (κ1) is 20.1. The number of nitrogen functional groups attached to an aromatic ring is 1. The van der Waals surface area contributed by atoms with E-state index < -0.39 is 0 Å². The fourth-order valence-corrected chi connectivity index (χ4v) is 3.25. The van der Waals surface area contributed by atoms with Crippen molar-refractivity contribution in [3.05, 3.63) is 88.8 Å². The molecule has 0 aliphatic carbocycles. The summed E-state index contributed by atoms with van der Waals surface area (Å²) in [6.07, 6.45) is 6.63.